The van der Waals surface area contributed by atoms with Crippen LogP contribution in [0.15, 0.2) is 42.6 Å². The van der Waals surface area contributed by atoms with Crippen molar-refractivity contribution in [2.45, 2.75) is 53.5 Å². The molecule has 3 aromatic heterocycles. The van der Waals surface area contributed by atoms with Crippen LogP contribution in [0.5, 0.6) is 0 Å². The number of aromatic nitrogens is 2. The lowest BCUT2D eigenvalue weighted by Gasteiger charge is -2.19. The third kappa shape index (κ3) is 2.49. The summed E-state index contributed by atoms with van der Waals surface area (Å²) in [5, 5.41) is 6.49. The molecule has 3 aromatic carbocycles. The molecule has 3 heteroatoms. The Hall–Kier alpha value is -3.64. The number of para-hydroxylation sites is 1. The van der Waals surface area contributed by atoms with Gasteiger partial charge in [0.2, 0.25) is 11.1 Å². The maximum absolute atomic E-state index is 7.78. The fraction of sp³-hybridized carbons (Fsp3) is 0.290. The molecule has 0 fully saturated rings. The molecule has 0 N–H and O–H groups in total. The monoisotopic (exact) mass is 444 g/mol. The van der Waals surface area contributed by atoms with Gasteiger partial charge in [0.1, 0.15) is 7.05 Å². The first-order valence-corrected chi connectivity index (χ1v) is 12.0. The van der Waals surface area contributed by atoms with Gasteiger partial charge in [0, 0.05) is 30.7 Å². The van der Waals surface area contributed by atoms with Gasteiger partial charge in [-0.3, -0.25) is 0 Å². The van der Waals surface area contributed by atoms with Crippen molar-refractivity contribution in [1.29, 1.82) is 0 Å². The van der Waals surface area contributed by atoms with Crippen molar-refractivity contribution >= 4 is 49.0 Å². The lowest BCUT2D eigenvalue weighted by atomic mass is 9.88. The largest absolute Gasteiger partial charge is 0.311 e. The van der Waals surface area contributed by atoms with Crippen molar-refractivity contribution in [2.24, 2.45) is 7.05 Å². The van der Waals surface area contributed by atoms with Crippen molar-refractivity contribution in [3.63, 3.8) is 0 Å². The minimum Gasteiger partial charge on any atom is -0.311 e. The molecule has 6 rings (SSSR count). The molecule has 3 heterocycles. The van der Waals surface area contributed by atoms with E-state index >= 15 is 0 Å². The second kappa shape index (κ2) is 6.70. The van der Waals surface area contributed by atoms with E-state index in [1.807, 2.05) is 13.8 Å². The summed E-state index contributed by atoms with van der Waals surface area (Å²) in [6.45, 7) is 20.9. The molecule has 168 valence electrons. The van der Waals surface area contributed by atoms with Crippen molar-refractivity contribution in [3.8, 4) is 0 Å². The topological polar surface area (TPSA) is 12.7 Å². The van der Waals surface area contributed by atoms with Gasteiger partial charge < -0.3 is 9.25 Å². The molecule has 0 aliphatic heterocycles. The zero-order chi connectivity index (χ0) is 24.1. The molecule has 0 amide bonds. The molecule has 0 atom stereocenters. The summed E-state index contributed by atoms with van der Waals surface area (Å²) in [7, 11) is 2.17. The van der Waals surface area contributed by atoms with Gasteiger partial charge in [0.15, 0.2) is 6.20 Å². The molecule has 6 aromatic rings. The Morgan fingerprint density at radius 2 is 1.59 bits per heavy atom. The van der Waals surface area contributed by atoms with Crippen LogP contribution >= 0.6 is 0 Å². The number of hydrogen-bond donors (Lipinski definition) is 0. The zero-order valence-corrected chi connectivity index (χ0v) is 21.1. The van der Waals surface area contributed by atoms with E-state index in [2.05, 4.69) is 91.2 Å². The minimum atomic E-state index is -0.450. The average molecular weight is 445 g/mol. The second-order valence-corrected chi connectivity index (χ2v) is 10.7. The highest BCUT2D eigenvalue weighted by Gasteiger charge is 2.30. The number of nitrogens with zero attached hydrogens (tertiary/aromatic N) is 3. The number of pyridine rings is 2. The molecule has 3 nitrogen and oxygen atoms in total. The fourth-order valence-electron chi connectivity index (χ4n) is 6.13. The Morgan fingerprint density at radius 3 is 2.32 bits per heavy atom. The van der Waals surface area contributed by atoms with Crippen molar-refractivity contribution in [3.05, 3.63) is 81.8 Å². The van der Waals surface area contributed by atoms with Crippen LogP contribution in [0.4, 0.5) is 0 Å². The van der Waals surface area contributed by atoms with Gasteiger partial charge >= 0.3 is 0 Å². The van der Waals surface area contributed by atoms with Gasteiger partial charge in [-0.15, -0.1) is 0 Å². The van der Waals surface area contributed by atoms with E-state index in [9.17, 15) is 0 Å². The molecule has 0 aliphatic carbocycles. The first kappa shape index (κ1) is 20.9. The molecule has 0 bridgehead atoms. The van der Waals surface area contributed by atoms with E-state index in [0.717, 1.165) is 6.42 Å². The number of fused-ring (bicyclic) bond motifs is 6. The Morgan fingerprint density at radius 1 is 0.882 bits per heavy atom. The van der Waals surface area contributed by atoms with Gasteiger partial charge in [-0.05, 0) is 73.0 Å². The first-order valence-electron chi connectivity index (χ1n) is 12.0. The van der Waals surface area contributed by atoms with Gasteiger partial charge in [-0.25, -0.2) is 11.1 Å². The Bertz CT molecular complexity index is 1860. The van der Waals surface area contributed by atoms with Crippen LogP contribution in [-0.2, 0) is 13.5 Å². The van der Waals surface area contributed by atoms with E-state index in [0.29, 0.717) is 0 Å². The van der Waals surface area contributed by atoms with Crippen molar-refractivity contribution < 1.29 is 4.57 Å². The normalized spacial score (nSPS) is 12.6. The Labute approximate surface area is 200 Å². The molecule has 0 unspecified atom stereocenters. The highest BCUT2D eigenvalue weighted by Crippen LogP contribution is 2.45. The summed E-state index contributed by atoms with van der Waals surface area (Å²) in [5.41, 5.74) is 11.4. The van der Waals surface area contributed by atoms with E-state index in [4.69, 9.17) is 6.57 Å². The summed E-state index contributed by atoms with van der Waals surface area (Å²) >= 11 is 0. The molecule has 0 saturated heterocycles. The SMILES string of the molecule is [C-]#[N+]C(C)(C)Cc1cc2cc[n+](C)c3c4c(C)c(C)c(C)c(C)c4n4c5ccccc5c1c4c23. The molecule has 0 saturated carbocycles. The number of hydrogen-bond acceptors (Lipinski definition) is 0. The summed E-state index contributed by atoms with van der Waals surface area (Å²) in [6.07, 6.45) is 2.92. The smallest absolute Gasteiger partial charge is 0.231 e. The number of aryl methyl sites for hydroxylation is 3. The maximum Gasteiger partial charge on any atom is 0.231 e. The maximum atomic E-state index is 7.78. The molecule has 0 spiro atoms. The third-order valence-electron chi connectivity index (χ3n) is 8.16. The van der Waals surface area contributed by atoms with Crippen LogP contribution in [0.1, 0.15) is 41.7 Å². The van der Waals surface area contributed by atoms with Crippen LogP contribution in [0, 0.1) is 34.3 Å². The highest BCUT2D eigenvalue weighted by atomic mass is 15.0. The summed E-state index contributed by atoms with van der Waals surface area (Å²) in [5.74, 6) is 0. The van der Waals surface area contributed by atoms with Crippen molar-refractivity contribution in [2.75, 3.05) is 0 Å². The lowest BCUT2D eigenvalue weighted by Crippen LogP contribution is -2.29. The van der Waals surface area contributed by atoms with Crippen LogP contribution in [0.2, 0.25) is 0 Å². The van der Waals surface area contributed by atoms with E-state index in [1.54, 1.807) is 0 Å². The number of rotatable bonds is 2. The number of benzene rings is 3. The van der Waals surface area contributed by atoms with E-state index in [-0.39, 0.29) is 0 Å². The molecule has 0 aliphatic rings. The Kier molecular flexibility index (Phi) is 4.13. The van der Waals surface area contributed by atoms with Crippen molar-refractivity contribution in [1.82, 2.24) is 4.40 Å². The third-order valence-corrected chi connectivity index (χ3v) is 8.16. The minimum absolute atomic E-state index is 0.450. The summed E-state index contributed by atoms with van der Waals surface area (Å²) in [6, 6.07) is 13.4. The highest BCUT2D eigenvalue weighted by molar-refractivity contribution is 6.28. The van der Waals surface area contributed by atoms with Gasteiger partial charge in [-0.1, -0.05) is 18.2 Å². The lowest BCUT2D eigenvalue weighted by molar-refractivity contribution is -0.643. The quantitative estimate of drug-likeness (QED) is 0.115. The second-order valence-electron chi connectivity index (χ2n) is 10.7. The summed E-state index contributed by atoms with van der Waals surface area (Å²) < 4.78 is 4.82. The van der Waals surface area contributed by atoms with Gasteiger partial charge in [0.25, 0.3) is 0 Å². The summed E-state index contributed by atoms with van der Waals surface area (Å²) in [4.78, 5) is 3.96. The predicted molar refractivity (Wildman–Crippen MR) is 143 cm³/mol. The van der Waals surface area contributed by atoms with Crippen LogP contribution in [0.25, 0.3) is 53.8 Å². The zero-order valence-electron chi connectivity index (χ0n) is 21.1. The average Bonchev–Trinajstić information content (AvgIpc) is 3.17. The van der Waals surface area contributed by atoms with Crippen LogP contribution in [0.3, 0.4) is 0 Å². The fourth-order valence-corrected chi connectivity index (χ4v) is 6.13. The molecule has 0 radical (unpaired) electrons. The van der Waals surface area contributed by atoms with E-state index < -0.39 is 5.54 Å². The van der Waals surface area contributed by atoms with E-state index in [1.165, 1.54) is 76.8 Å². The van der Waals surface area contributed by atoms with Crippen LogP contribution < -0.4 is 4.57 Å². The first-order chi connectivity index (χ1) is 16.2. The van der Waals surface area contributed by atoms with Gasteiger partial charge in [-0.2, -0.15) is 0 Å². The molecular weight excluding hydrogens is 414 g/mol. The predicted octanol–water partition coefficient (Wildman–Crippen LogP) is 7.29. The standard InChI is InChI=1S/C31H30N3/c1-17-18(2)20(4)28-25(19(17)3)29-27-21(13-14-33(29)8)15-22(16-31(5,6)32-7)26-23-11-9-10-12-24(23)34(28)30(26)27/h9-15H,16H2,1-6,8H3/q+1. The molecule has 34 heavy (non-hydrogen) atoms. The van der Waals surface area contributed by atoms with Crippen LogP contribution in [-0.4, -0.2) is 9.94 Å². The molecular formula is C31H30N3+. The van der Waals surface area contributed by atoms with Gasteiger partial charge in [0.05, 0.1) is 33.7 Å². The Balaban J connectivity index is 2.04.